The van der Waals surface area contributed by atoms with Crippen molar-refractivity contribution < 1.29 is 9.59 Å². The molecule has 2 amide bonds. The van der Waals surface area contributed by atoms with Crippen LogP contribution in [0.4, 0.5) is 0 Å². The smallest absolute Gasteiger partial charge is 0.239 e. The number of aromatic nitrogens is 3. The van der Waals surface area contributed by atoms with Crippen molar-refractivity contribution in [3.63, 3.8) is 0 Å². The molecule has 2 heterocycles. The number of carbonyl (C=O) groups excluding carboxylic acids is 2. The van der Waals surface area contributed by atoms with Crippen molar-refractivity contribution in [3.05, 3.63) is 17.5 Å². The number of carbonyl (C=O) groups is 2. The summed E-state index contributed by atoms with van der Waals surface area (Å²) in [6, 6.07) is 4.21. The molecule has 0 saturated heterocycles. The highest BCUT2D eigenvalue weighted by molar-refractivity contribution is 7.99. The first-order chi connectivity index (χ1) is 11.1. The van der Waals surface area contributed by atoms with E-state index in [1.807, 2.05) is 17.5 Å². The van der Waals surface area contributed by atoms with E-state index < -0.39 is 0 Å². The lowest BCUT2D eigenvalue weighted by molar-refractivity contribution is -0.132. The Morgan fingerprint density at radius 3 is 3.04 bits per heavy atom. The van der Waals surface area contributed by atoms with Gasteiger partial charge in [-0.25, -0.2) is 4.98 Å². The molecule has 7 nitrogen and oxygen atoms in total. The minimum absolute atomic E-state index is 0.0876. The minimum atomic E-state index is -0.122. The molecule has 2 aromatic heterocycles. The Labute approximate surface area is 141 Å². The molecule has 0 aliphatic heterocycles. The Kier molecular flexibility index (Phi) is 4.97. The van der Waals surface area contributed by atoms with E-state index in [4.69, 9.17) is 0 Å². The second kappa shape index (κ2) is 7.14. The largest absolute Gasteiger partial charge is 0.352 e. The van der Waals surface area contributed by atoms with Crippen LogP contribution in [0.3, 0.4) is 0 Å². The molecule has 9 heteroatoms. The van der Waals surface area contributed by atoms with Crippen molar-refractivity contribution in [3.8, 4) is 10.7 Å². The first-order valence-corrected chi connectivity index (χ1v) is 9.11. The molecule has 23 heavy (non-hydrogen) atoms. The average molecular weight is 351 g/mol. The van der Waals surface area contributed by atoms with Gasteiger partial charge in [0, 0.05) is 13.1 Å². The molecule has 1 aliphatic carbocycles. The molecule has 3 rings (SSSR count). The molecule has 122 valence electrons. The third kappa shape index (κ3) is 4.55. The maximum atomic E-state index is 12.1. The van der Waals surface area contributed by atoms with Gasteiger partial charge in [0.05, 0.1) is 17.2 Å². The molecule has 0 unspecified atom stereocenters. The normalized spacial score (nSPS) is 13.8. The average Bonchev–Trinajstić information content (AvgIpc) is 3.03. The number of hydrogen-bond donors (Lipinski definition) is 2. The first-order valence-electron chi connectivity index (χ1n) is 7.24. The molecule has 1 saturated carbocycles. The van der Waals surface area contributed by atoms with Crippen molar-refractivity contribution >= 4 is 34.9 Å². The number of likely N-dealkylation sites (N-methyl/N-ethyl adjacent to an activating group) is 1. The third-order valence-corrected chi connectivity index (χ3v) is 5.00. The Morgan fingerprint density at radius 2 is 2.35 bits per heavy atom. The van der Waals surface area contributed by atoms with Gasteiger partial charge in [-0.05, 0) is 24.3 Å². The molecule has 0 atom stereocenters. The summed E-state index contributed by atoms with van der Waals surface area (Å²) < 4.78 is 0. The Balaban J connectivity index is 1.45. The van der Waals surface area contributed by atoms with E-state index in [1.54, 1.807) is 18.4 Å². The predicted molar refractivity (Wildman–Crippen MR) is 89.2 cm³/mol. The number of thiophene rings is 1. The van der Waals surface area contributed by atoms with Crippen LogP contribution in [0.5, 0.6) is 0 Å². The van der Waals surface area contributed by atoms with Crippen LogP contribution in [-0.2, 0) is 9.59 Å². The van der Waals surface area contributed by atoms with Gasteiger partial charge in [0.1, 0.15) is 0 Å². The van der Waals surface area contributed by atoms with E-state index in [-0.39, 0.29) is 24.1 Å². The molecular weight excluding hydrogens is 334 g/mol. The molecular formula is C14H17N5O2S2. The monoisotopic (exact) mass is 351 g/mol. The molecule has 2 aromatic rings. The lowest BCUT2D eigenvalue weighted by Crippen LogP contribution is -2.39. The molecule has 0 radical (unpaired) electrons. The number of hydrogen-bond acceptors (Lipinski definition) is 6. The highest BCUT2D eigenvalue weighted by Gasteiger charge is 2.24. The molecule has 1 aliphatic rings. The number of H-pyrrole nitrogens is 1. The zero-order chi connectivity index (χ0) is 16.2. The summed E-state index contributed by atoms with van der Waals surface area (Å²) in [6.45, 7) is 0.0876. The summed E-state index contributed by atoms with van der Waals surface area (Å²) in [7, 11) is 1.63. The van der Waals surface area contributed by atoms with Crippen LogP contribution in [0.2, 0.25) is 0 Å². The number of amides is 2. The van der Waals surface area contributed by atoms with Crippen molar-refractivity contribution in [1.82, 2.24) is 25.4 Å². The molecule has 0 spiro atoms. The predicted octanol–water partition coefficient (Wildman–Crippen LogP) is 1.36. The van der Waals surface area contributed by atoms with Gasteiger partial charge in [-0.1, -0.05) is 17.8 Å². The van der Waals surface area contributed by atoms with Crippen LogP contribution in [0.25, 0.3) is 10.7 Å². The number of aromatic amines is 1. The van der Waals surface area contributed by atoms with Crippen LogP contribution < -0.4 is 5.32 Å². The van der Waals surface area contributed by atoms with Gasteiger partial charge in [-0.15, -0.1) is 16.4 Å². The second-order valence-electron chi connectivity index (χ2n) is 5.32. The van der Waals surface area contributed by atoms with E-state index in [9.17, 15) is 9.59 Å². The SMILES string of the molecule is CN(CC(=O)NC1CC1)C(=O)CSc1n[nH]c(-c2cccs2)n1. The van der Waals surface area contributed by atoms with Gasteiger partial charge in [0.15, 0.2) is 5.82 Å². The summed E-state index contributed by atoms with van der Waals surface area (Å²) >= 11 is 2.83. The van der Waals surface area contributed by atoms with E-state index in [2.05, 4.69) is 20.5 Å². The molecule has 0 bridgehead atoms. The number of thioether (sulfide) groups is 1. The van der Waals surface area contributed by atoms with Crippen LogP contribution in [0, 0.1) is 0 Å². The number of nitrogens with one attached hydrogen (secondary N) is 2. The lowest BCUT2D eigenvalue weighted by Gasteiger charge is -2.16. The maximum Gasteiger partial charge on any atom is 0.239 e. The quantitative estimate of drug-likeness (QED) is 0.735. The Bertz CT molecular complexity index is 681. The van der Waals surface area contributed by atoms with Crippen molar-refractivity contribution in [2.24, 2.45) is 0 Å². The van der Waals surface area contributed by atoms with Crippen molar-refractivity contribution in [2.45, 2.75) is 24.0 Å². The fraction of sp³-hybridized carbons (Fsp3) is 0.429. The van der Waals surface area contributed by atoms with Gasteiger partial charge in [0.25, 0.3) is 0 Å². The zero-order valence-electron chi connectivity index (χ0n) is 12.6. The fourth-order valence-electron chi connectivity index (χ4n) is 1.88. The lowest BCUT2D eigenvalue weighted by atomic mass is 10.4. The standard InChI is InChI=1S/C14H17N5O2S2/c1-19(7-11(20)15-9-4-5-9)12(21)8-23-14-16-13(17-18-14)10-3-2-6-22-10/h2-3,6,9H,4-5,7-8H2,1H3,(H,15,20)(H,16,17,18). The van der Waals surface area contributed by atoms with E-state index in [0.29, 0.717) is 17.0 Å². The van der Waals surface area contributed by atoms with E-state index in [0.717, 1.165) is 17.7 Å². The van der Waals surface area contributed by atoms with E-state index in [1.165, 1.54) is 16.7 Å². The van der Waals surface area contributed by atoms with Crippen LogP contribution in [-0.4, -0.2) is 57.3 Å². The number of rotatable bonds is 7. The highest BCUT2D eigenvalue weighted by Crippen LogP contribution is 2.23. The van der Waals surface area contributed by atoms with Crippen LogP contribution in [0.15, 0.2) is 22.7 Å². The molecule has 2 N–H and O–H groups in total. The summed E-state index contributed by atoms with van der Waals surface area (Å²) in [5, 5.41) is 12.3. The summed E-state index contributed by atoms with van der Waals surface area (Å²) in [5.74, 6) is 0.677. The topological polar surface area (TPSA) is 91.0 Å². The Hall–Kier alpha value is -1.87. The number of nitrogens with zero attached hydrogens (tertiary/aromatic N) is 3. The highest BCUT2D eigenvalue weighted by atomic mass is 32.2. The van der Waals surface area contributed by atoms with Gasteiger partial charge in [-0.3, -0.25) is 14.7 Å². The second-order valence-corrected chi connectivity index (χ2v) is 7.21. The third-order valence-electron chi connectivity index (χ3n) is 3.29. The van der Waals surface area contributed by atoms with Crippen molar-refractivity contribution in [2.75, 3.05) is 19.3 Å². The summed E-state index contributed by atoms with van der Waals surface area (Å²) in [4.78, 5) is 30.5. The van der Waals surface area contributed by atoms with E-state index >= 15 is 0 Å². The summed E-state index contributed by atoms with van der Waals surface area (Å²) in [5.41, 5.74) is 0. The zero-order valence-corrected chi connectivity index (χ0v) is 14.2. The maximum absolute atomic E-state index is 12.1. The van der Waals surface area contributed by atoms with Crippen LogP contribution in [0.1, 0.15) is 12.8 Å². The molecule has 0 aromatic carbocycles. The van der Waals surface area contributed by atoms with Gasteiger partial charge < -0.3 is 10.2 Å². The van der Waals surface area contributed by atoms with Crippen molar-refractivity contribution in [1.29, 1.82) is 0 Å². The Morgan fingerprint density at radius 1 is 1.52 bits per heavy atom. The van der Waals surface area contributed by atoms with Gasteiger partial charge in [-0.2, -0.15) is 0 Å². The van der Waals surface area contributed by atoms with Gasteiger partial charge in [0.2, 0.25) is 17.0 Å². The van der Waals surface area contributed by atoms with Crippen LogP contribution >= 0.6 is 23.1 Å². The van der Waals surface area contributed by atoms with Gasteiger partial charge >= 0.3 is 0 Å². The first kappa shape index (κ1) is 16.0. The fourth-order valence-corrected chi connectivity index (χ4v) is 3.28. The minimum Gasteiger partial charge on any atom is -0.352 e. The molecule has 1 fully saturated rings. The summed E-state index contributed by atoms with van der Waals surface area (Å²) in [6.07, 6.45) is 2.08.